The largest absolute Gasteiger partial charge is 0.453 e. The van der Waals surface area contributed by atoms with E-state index in [1.54, 1.807) is 0 Å². The molecule has 2 aliphatic rings. The van der Waals surface area contributed by atoms with E-state index in [1.807, 2.05) is 4.90 Å². The molecule has 0 spiro atoms. The van der Waals surface area contributed by atoms with Gasteiger partial charge < -0.3 is 9.64 Å². The van der Waals surface area contributed by atoms with Crippen LogP contribution in [0.5, 0.6) is 0 Å². The molecule has 2 unspecified atom stereocenters. The minimum atomic E-state index is -0.123. The number of fused-ring (bicyclic) bond motifs is 2. The van der Waals surface area contributed by atoms with E-state index >= 15 is 0 Å². The Balaban J connectivity index is 2.10. The van der Waals surface area contributed by atoms with Crippen molar-refractivity contribution in [2.75, 3.05) is 7.11 Å². The lowest BCUT2D eigenvalue weighted by Crippen LogP contribution is -2.43. The summed E-state index contributed by atoms with van der Waals surface area (Å²) in [6.07, 6.45) is 5.86. The van der Waals surface area contributed by atoms with Crippen molar-refractivity contribution in [2.45, 2.75) is 44.2 Å². The molecule has 2 rings (SSSR count). The third kappa shape index (κ3) is 1.08. The van der Waals surface area contributed by atoms with Crippen LogP contribution in [0.3, 0.4) is 0 Å². The second kappa shape index (κ2) is 2.96. The highest BCUT2D eigenvalue weighted by Crippen LogP contribution is 2.35. The Bertz CT molecular complexity index is 177. The fraction of sp³-hybridized carbons (Fsp3) is 0.889. The molecule has 2 bridgehead atoms. The van der Waals surface area contributed by atoms with Gasteiger partial charge in [0.2, 0.25) is 0 Å². The van der Waals surface area contributed by atoms with Crippen LogP contribution in [0.4, 0.5) is 4.79 Å². The van der Waals surface area contributed by atoms with E-state index in [2.05, 4.69) is 0 Å². The number of amides is 1. The maximum absolute atomic E-state index is 11.3. The number of methoxy groups -OCH3 is 1. The highest BCUT2D eigenvalue weighted by atomic mass is 16.5. The van der Waals surface area contributed by atoms with Crippen LogP contribution < -0.4 is 0 Å². The summed E-state index contributed by atoms with van der Waals surface area (Å²) in [5, 5.41) is 0. The topological polar surface area (TPSA) is 29.5 Å². The zero-order valence-corrected chi connectivity index (χ0v) is 7.45. The van der Waals surface area contributed by atoms with Gasteiger partial charge in [-0.3, -0.25) is 0 Å². The summed E-state index contributed by atoms with van der Waals surface area (Å²) < 4.78 is 4.76. The van der Waals surface area contributed by atoms with E-state index in [-0.39, 0.29) is 6.09 Å². The van der Waals surface area contributed by atoms with E-state index in [0.717, 1.165) is 0 Å². The van der Waals surface area contributed by atoms with Gasteiger partial charge in [-0.05, 0) is 32.1 Å². The Hall–Kier alpha value is -0.730. The van der Waals surface area contributed by atoms with E-state index < -0.39 is 0 Å². The summed E-state index contributed by atoms with van der Waals surface area (Å²) in [6, 6.07) is 0.965. The fourth-order valence-electron chi connectivity index (χ4n) is 2.52. The standard InChI is InChI=1S/C9H15NO2/c1-12-9(11)10-7-3-2-4-8(10)6-5-7/h7-8H,2-6H2,1H3. The number of carbonyl (C=O) groups is 1. The zero-order chi connectivity index (χ0) is 8.55. The van der Waals surface area contributed by atoms with Crippen LogP contribution >= 0.6 is 0 Å². The number of nitrogens with zero attached hydrogens (tertiary/aromatic N) is 1. The van der Waals surface area contributed by atoms with Crippen LogP contribution in [0.25, 0.3) is 0 Å². The third-order valence-corrected chi connectivity index (χ3v) is 3.08. The van der Waals surface area contributed by atoms with Gasteiger partial charge in [0.15, 0.2) is 0 Å². The number of hydrogen-bond donors (Lipinski definition) is 0. The predicted octanol–water partition coefficient (Wildman–Crippen LogP) is 1.77. The van der Waals surface area contributed by atoms with Crippen molar-refractivity contribution in [1.82, 2.24) is 4.90 Å². The molecule has 0 aliphatic carbocycles. The highest BCUT2D eigenvalue weighted by molar-refractivity contribution is 5.68. The molecule has 3 heteroatoms. The first-order chi connectivity index (χ1) is 5.83. The molecular formula is C9H15NO2. The fourth-order valence-corrected chi connectivity index (χ4v) is 2.52. The van der Waals surface area contributed by atoms with Gasteiger partial charge in [0.1, 0.15) is 0 Å². The van der Waals surface area contributed by atoms with Crippen LogP contribution in [0, 0.1) is 0 Å². The lowest BCUT2D eigenvalue weighted by Gasteiger charge is -2.33. The Morgan fingerprint density at radius 2 is 1.83 bits per heavy atom. The summed E-state index contributed by atoms with van der Waals surface area (Å²) >= 11 is 0. The van der Waals surface area contributed by atoms with Gasteiger partial charge in [-0.25, -0.2) is 4.79 Å². The molecule has 0 aromatic rings. The van der Waals surface area contributed by atoms with Crippen LogP contribution in [-0.4, -0.2) is 30.2 Å². The molecule has 1 amide bonds. The molecule has 0 aromatic heterocycles. The monoisotopic (exact) mass is 169 g/mol. The Morgan fingerprint density at radius 3 is 2.33 bits per heavy atom. The molecule has 3 nitrogen and oxygen atoms in total. The maximum Gasteiger partial charge on any atom is 0.409 e. The van der Waals surface area contributed by atoms with Gasteiger partial charge in [-0.2, -0.15) is 0 Å². The smallest absolute Gasteiger partial charge is 0.409 e. The Kier molecular flexibility index (Phi) is 1.95. The number of carbonyl (C=O) groups excluding carboxylic acids is 1. The van der Waals surface area contributed by atoms with E-state index in [1.165, 1.54) is 39.2 Å². The molecule has 0 aromatic carbocycles. The van der Waals surface area contributed by atoms with Crippen molar-refractivity contribution < 1.29 is 9.53 Å². The summed E-state index contributed by atoms with van der Waals surface area (Å²) in [6.45, 7) is 0. The summed E-state index contributed by atoms with van der Waals surface area (Å²) in [5.41, 5.74) is 0. The molecule has 2 aliphatic heterocycles. The lowest BCUT2D eigenvalue weighted by molar-refractivity contribution is 0.0860. The van der Waals surface area contributed by atoms with Gasteiger partial charge in [0.05, 0.1) is 7.11 Å². The van der Waals surface area contributed by atoms with Crippen molar-refractivity contribution in [3.63, 3.8) is 0 Å². The molecule has 2 atom stereocenters. The Morgan fingerprint density at radius 1 is 1.25 bits per heavy atom. The van der Waals surface area contributed by atoms with Gasteiger partial charge in [0, 0.05) is 12.1 Å². The quantitative estimate of drug-likeness (QED) is 0.553. The third-order valence-electron chi connectivity index (χ3n) is 3.08. The predicted molar refractivity (Wildman–Crippen MR) is 44.9 cm³/mol. The molecular weight excluding hydrogens is 154 g/mol. The molecule has 68 valence electrons. The second-order valence-electron chi connectivity index (χ2n) is 3.69. The molecule has 0 radical (unpaired) electrons. The molecule has 0 saturated carbocycles. The van der Waals surface area contributed by atoms with Crippen molar-refractivity contribution >= 4 is 6.09 Å². The first kappa shape index (κ1) is 7.90. The first-order valence-electron chi connectivity index (χ1n) is 4.69. The molecule has 2 saturated heterocycles. The molecule has 12 heavy (non-hydrogen) atoms. The van der Waals surface area contributed by atoms with Crippen molar-refractivity contribution in [1.29, 1.82) is 0 Å². The average Bonchev–Trinajstić information content (AvgIpc) is 2.35. The van der Waals surface area contributed by atoms with Crippen LogP contribution in [0.1, 0.15) is 32.1 Å². The number of piperidine rings is 1. The summed E-state index contributed by atoms with van der Waals surface area (Å²) in [4.78, 5) is 13.3. The number of ether oxygens (including phenoxy) is 1. The van der Waals surface area contributed by atoms with Gasteiger partial charge >= 0.3 is 6.09 Å². The maximum atomic E-state index is 11.3. The van der Waals surface area contributed by atoms with Crippen molar-refractivity contribution in [2.24, 2.45) is 0 Å². The van der Waals surface area contributed by atoms with Crippen LogP contribution in [0.15, 0.2) is 0 Å². The minimum absolute atomic E-state index is 0.123. The summed E-state index contributed by atoms with van der Waals surface area (Å²) in [5.74, 6) is 0. The molecule has 0 N–H and O–H groups in total. The van der Waals surface area contributed by atoms with Gasteiger partial charge in [-0.15, -0.1) is 0 Å². The minimum Gasteiger partial charge on any atom is -0.453 e. The molecule has 2 fully saturated rings. The lowest BCUT2D eigenvalue weighted by atomic mass is 10.0. The average molecular weight is 169 g/mol. The number of rotatable bonds is 0. The van der Waals surface area contributed by atoms with Crippen LogP contribution in [-0.2, 0) is 4.74 Å². The van der Waals surface area contributed by atoms with Crippen molar-refractivity contribution in [3.8, 4) is 0 Å². The molecule has 2 heterocycles. The van der Waals surface area contributed by atoms with E-state index in [0.29, 0.717) is 12.1 Å². The number of hydrogen-bond acceptors (Lipinski definition) is 2. The van der Waals surface area contributed by atoms with Gasteiger partial charge in [-0.1, -0.05) is 0 Å². The zero-order valence-electron chi connectivity index (χ0n) is 7.45. The van der Waals surface area contributed by atoms with E-state index in [4.69, 9.17) is 4.74 Å². The first-order valence-corrected chi connectivity index (χ1v) is 4.69. The van der Waals surface area contributed by atoms with Crippen molar-refractivity contribution in [3.05, 3.63) is 0 Å². The highest BCUT2D eigenvalue weighted by Gasteiger charge is 2.39. The second-order valence-corrected chi connectivity index (χ2v) is 3.69. The summed E-state index contributed by atoms with van der Waals surface area (Å²) in [7, 11) is 1.47. The van der Waals surface area contributed by atoms with Crippen LogP contribution in [0.2, 0.25) is 0 Å². The van der Waals surface area contributed by atoms with E-state index in [9.17, 15) is 4.79 Å². The normalized spacial score (nSPS) is 33.6. The van der Waals surface area contributed by atoms with Gasteiger partial charge in [0.25, 0.3) is 0 Å². The SMILES string of the molecule is COC(=O)N1C2CCCC1CC2. The Labute approximate surface area is 72.7 Å².